The molecule has 1 heterocycles. The van der Waals surface area contributed by atoms with Crippen LogP contribution in [0.3, 0.4) is 0 Å². The lowest BCUT2D eigenvalue weighted by atomic mass is 9.92. The first-order valence-electron chi connectivity index (χ1n) is 5.78. The van der Waals surface area contributed by atoms with Gasteiger partial charge < -0.3 is 0 Å². The summed E-state index contributed by atoms with van der Waals surface area (Å²) in [5.41, 5.74) is 2.60. The van der Waals surface area contributed by atoms with E-state index in [1.807, 2.05) is 6.20 Å². The highest BCUT2D eigenvalue weighted by atomic mass is 15.1. The molecule has 1 unspecified atom stereocenters. The van der Waals surface area contributed by atoms with E-state index in [0.717, 1.165) is 5.52 Å². The second kappa shape index (κ2) is 4.47. The molecule has 1 N–H and O–H groups in total. The minimum absolute atomic E-state index is 0.697. The maximum Gasteiger partial charge on any atom is 0.0653 e. The van der Waals surface area contributed by atoms with Crippen LogP contribution in [0.25, 0.3) is 10.9 Å². The molecule has 2 aromatic rings. The van der Waals surface area contributed by atoms with E-state index in [-0.39, 0.29) is 0 Å². The van der Waals surface area contributed by atoms with E-state index < -0.39 is 0 Å². The molecule has 0 aliphatic carbocycles. The second-order valence-corrected chi connectivity index (χ2v) is 4.11. The first-order chi connectivity index (χ1) is 7.35. The van der Waals surface area contributed by atoms with Crippen LogP contribution < -0.4 is 0 Å². The van der Waals surface area contributed by atoms with E-state index in [1.54, 1.807) is 0 Å². The number of rotatable bonds is 4. The van der Waals surface area contributed by atoms with Crippen LogP contribution in [0.2, 0.25) is 0 Å². The Morgan fingerprint density at radius 1 is 1.33 bits per heavy atom. The Balaban J connectivity index is 2.33. The van der Waals surface area contributed by atoms with Crippen LogP contribution in [-0.4, -0.2) is 10.2 Å². The minimum Gasteiger partial charge on any atom is -0.278 e. The maximum atomic E-state index is 4.05. The van der Waals surface area contributed by atoms with Gasteiger partial charge in [0.1, 0.15) is 0 Å². The zero-order chi connectivity index (χ0) is 10.7. The van der Waals surface area contributed by atoms with E-state index in [2.05, 4.69) is 42.2 Å². The van der Waals surface area contributed by atoms with Crippen molar-refractivity contribution in [2.45, 2.75) is 39.0 Å². The van der Waals surface area contributed by atoms with Gasteiger partial charge in [-0.1, -0.05) is 32.4 Å². The Labute approximate surface area is 90.7 Å². The summed E-state index contributed by atoms with van der Waals surface area (Å²) >= 11 is 0. The summed E-state index contributed by atoms with van der Waals surface area (Å²) in [6.45, 7) is 4.51. The van der Waals surface area contributed by atoms with Crippen LogP contribution in [0.15, 0.2) is 24.4 Å². The average molecular weight is 202 g/mol. The number of hydrogen-bond donors (Lipinski definition) is 1. The molecule has 2 heteroatoms. The minimum atomic E-state index is 0.697. The molecule has 1 aromatic carbocycles. The number of aromatic nitrogens is 2. The predicted octanol–water partition coefficient (Wildman–Crippen LogP) is 3.86. The van der Waals surface area contributed by atoms with Gasteiger partial charge in [0.05, 0.1) is 11.7 Å². The van der Waals surface area contributed by atoms with Crippen molar-refractivity contribution < 1.29 is 0 Å². The van der Waals surface area contributed by atoms with E-state index in [1.165, 1.54) is 30.2 Å². The zero-order valence-electron chi connectivity index (χ0n) is 9.46. The van der Waals surface area contributed by atoms with Crippen molar-refractivity contribution in [2.75, 3.05) is 0 Å². The van der Waals surface area contributed by atoms with Gasteiger partial charge in [0.25, 0.3) is 0 Å². The molecule has 0 aliphatic rings. The van der Waals surface area contributed by atoms with Crippen LogP contribution in [0, 0.1) is 0 Å². The third-order valence-corrected chi connectivity index (χ3v) is 3.07. The summed E-state index contributed by atoms with van der Waals surface area (Å²) < 4.78 is 0. The summed E-state index contributed by atoms with van der Waals surface area (Å²) in [6, 6.07) is 6.64. The first kappa shape index (κ1) is 10.2. The quantitative estimate of drug-likeness (QED) is 0.801. The van der Waals surface area contributed by atoms with Gasteiger partial charge in [-0.15, -0.1) is 0 Å². The standard InChI is InChI=1S/C13H18N2/c1-3-5-10(4-2)11-6-7-12-9-14-15-13(12)8-11/h6-10H,3-5H2,1-2H3,(H,14,15). The number of fused-ring (bicyclic) bond motifs is 1. The Bertz CT molecular complexity index is 431. The van der Waals surface area contributed by atoms with Gasteiger partial charge in [-0.3, -0.25) is 5.10 Å². The lowest BCUT2D eigenvalue weighted by Gasteiger charge is -2.13. The number of H-pyrrole nitrogens is 1. The van der Waals surface area contributed by atoms with Gasteiger partial charge in [0.15, 0.2) is 0 Å². The molecule has 1 atom stereocenters. The molecule has 0 aliphatic heterocycles. The molecular weight excluding hydrogens is 184 g/mol. The van der Waals surface area contributed by atoms with E-state index >= 15 is 0 Å². The maximum absolute atomic E-state index is 4.05. The van der Waals surface area contributed by atoms with Gasteiger partial charge in [0, 0.05) is 5.39 Å². The molecular formula is C13H18N2. The van der Waals surface area contributed by atoms with Gasteiger partial charge >= 0.3 is 0 Å². The van der Waals surface area contributed by atoms with Crippen LogP contribution >= 0.6 is 0 Å². The number of aromatic amines is 1. The van der Waals surface area contributed by atoms with Crippen LogP contribution in [-0.2, 0) is 0 Å². The third-order valence-electron chi connectivity index (χ3n) is 3.07. The van der Waals surface area contributed by atoms with Crippen LogP contribution in [0.5, 0.6) is 0 Å². The molecule has 0 amide bonds. The molecule has 0 spiro atoms. The van der Waals surface area contributed by atoms with Gasteiger partial charge in [-0.2, -0.15) is 5.10 Å². The molecule has 0 saturated heterocycles. The highest BCUT2D eigenvalue weighted by molar-refractivity contribution is 5.78. The Kier molecular flexibility index (Phi) is 3.05. The Hall–Kier alpha value is -1.31. The van der Waals surface area contributed by atoms with Crippen molar-refractivity contribution in [3.05, 3.63) is 30.0 Å². The van der Waals surface area contributed by atoms with Crippen molar-refractivity contribution in [1.29, 1.82) is 0 Å². The summed E-state index contributed by atoms with van der Waals surface area (Å²) in [5, 5.41) is 8.28. The normalized spacial score (nSPS) is 13.2. The monoisotopic (exact) mass is 202 g/mol. The van der Waals surface area contributed by atoms with E-state index in [9.17, 15) is 0 Å². The Morgan fingerprint density at radius 2 is 2.20 bits per heavy atom. The molecule has 0 radical (unpaired) electrons. The number of benzene rings is 1. The van der Waals surface area contributed by atoms with Gasteiger partial charge in [-0.25, -0.2) is 0 Å². The number of hydrogen-bond acceptors (Lipinski definition) is 1. The summed E-state index contributed by atoms with van der Waals surface area (Å²) in [4.78, 5) is 0. The summed E-state index contributed by atoms with van der Waals surface area (Å²) in [7, 11) is 0. The molecule has 15 heavy (non-hydrogen) atoms. The fourth-order valence-corrected chi connectivity index (χ4v) is 2.16. The highest BCUT2D eigenvalue weighted by Crippen LogP contribution is 2.26. The van der Waals surface area contributed by atoms with Crippen LogP contribution in [0.1, 0.15) is 44.6 Å². The number of nitrogens with one attached hydrogen (secondary N) is 1. The van der Waals surface area contributed by atoms with E-state index in [0.29, 0.717) is 5.92 Å². The lowest BCUT2D eigenvalue weighted by molar-refractivity contribution is 0.596. The summed E-state index contributed by atoms with van der Waals surface area (Å²) in [5.74, 6) is 0.697. The highest BCUT2D eigenvalue weighted by Gasteiger charge is 2.08. The molecule has 0 bridgehead atoms. The van der Waals surface area contributed by atoms with Crippen molar-refractivity contribution in [1.82, 2.24) is 10.2 Å². The van der Waals surface area contributed by atoms with Gasteiger partial charge in [0.2, 0.25) is 0 Å². The molecule has 0 fully saturated rings. The topological polar surface area (TPSA) is 28.7 Å². The van der Waals surface area contributed by atoms with Crippen molar-refractivity contribution in [3.63, 3.8) is 0 Å². The summed E-state index contributed by atoms with van der Waals surface area (Å²) in [6.07, 6.45) is 5.61. The third kappa shape index (κ3) is 2.04. The largest absolute Gasteiger partial charge is 0.278 e. The van der Waals surface area contributed by atoms with Crippen molar-refractivity contribution in [3.8, 4) is 0 Å². The smallest absolute Gasteiger partial charge is 0.0653 e. The van der Waals surface area contributed by atoms with E-state index in [4.69, 9.17) is 0 Å². The van der Waals surface area contributed by atoms with Gasteiger partial charge in [-0.05, 0) is 30.4 Å². The van der Waals surface area contributed by atoms with Crippen molar-refractivity contribution >= 4 is 10.9 Å². The number of nitrogens with zero attached hydrogens (tertiary/aromatic N) is 1. The predicted molar refractivity (Wildman–Crippen MR) is 64.0 cm³/mol. The molecule has 2 nitrogen and oxygen atoms in total. The average Bonchev–Trinajstić information content (AvgIpc) is 2.72. The molecule has 1 aromatic heterocycles. The fraction of sp³-hybridized carbons (Fsp3) is 0.462. The zero-order valence-corrected chi connectivity index (χ0v) is 9.46. The lowest BCUT2D eigenvalue weighted by Crippen LogP contribution is -1.96. The van der Waals surface area contributed by atoms with Crippen molar-refractivity contribution in [2.24, 2.45) is 0 Å². The fourth-order valence-electron chi connectivity index (χ4n) is 2.16. The first-order valence-corrected chi connectivity index (χ1v) is 5.78. The molecule has 0 saturated carbocycles. The SMILES string of the molecule is CCCC(CC)c1ccc2cn[nH]c2c1. The second-order valence-electron chi connectivity index (χ2n) is 4.11. The molecule has 80 valence electrons. The molecule has 2 rings (SSSR count). The Morgan fingerprint density at radius 3 is 2.93 bits per heavy atom. The van der Waals surface area contributed by atoms with Crippen LogP contribution in [0.4, 0.5) is 0 Å².